The van der Waals surface area contributed by atoms with Crippen LogP contribution in [0.4, 0.5) is 0 Å². The molecule has 8 heterocycles. The van der Waals surface area contributed by atoms with E-state index in [1.165, 1.54) is 0 Å². The molecule has 278 valence electrons. The number of ether oxygens (including phenoxy) is 8. The summed E-state index contributed by atoms with van der Waals surface area (Å²) >= 11 is 0. The first kappa shape index (κ1) is 35.4. The Balaban J connectivity index is 1.06. The molecule has 1 spiro atoms. The Morgan fingerprint density at radius 2 is 1.51 bits per heavy atom. The maximum Gasteiger partial charge on any atom is 0.172 e. The van der Waals surface area contributed by atoms with E-state index in [1.807, 2.05) is 0 Å². The average Bonchev–Trinajstić information content (AvgIpc) is 3.61. The molecule has 10 bridgehead atoms. The minimum atomic E-state index is -0.882. The van der Waals surface area contributed by atoms with Crippen LogP contribution in [0.1, 0.15) is 111 Å². The summed E-state index contributed by atoms with van der Waals surface area (Å²) in [5.41, 5.74) is 1.19. The van der Waals surface area contributed by atoms with Gasteiger partial charge in [0.2, 0.25) is 0 Å². The lowest BCUT2D eigenvalue weighted by Crippen LogP contribution is -2.58. The summed E-state index contributed by atoms with van der Waals surface area (Å²) < 4.78 is 53.2. The number of fused-ring (bicyclic) bond motifs is 9. The summed E-state index contributed by atoms with van der Waals surface area (Å²) in [6, 6.07) is 0. The van der Waals surface area contributed by atoms with Crippen molar-refractivity contribution in [3.05, 3.63) is 12.2 Å². The first-order valence-corrected chi connectivity index (χ1v) is 19.6. The van der Waals surface area contributed by atoms with Gasteiger partial charge in [0.05, 0.1) is 79.4 Å². The number of aliphatic hydroxyl groups is 2. The number of hydrogen-bond acceptors (Lipinski definition) is 10. The van der Waals surface area contributed by atoms with E-state index in [-0.39, 0.29) is 84.6 Å². The number of rotatable bonds is 1. The third kappa shape index (κ3) is 6.83. The molecule has 1 unspecified atom stereocenters. The minimum absolute atomic E-state index is 0.0313. The SMILES string of the molecule is C=C1[C@H](C)C[C@@H]2CC[C@@H]3O[C@@H](CC[C@]45C[C@@H](O)[C@H](O4)[C@H]4C[C@@H](O5)[C@H]5O[C@H](CC[C@@H]5O4)CC(O)C[C@@H]4[C@@H](OC)[C@@H](C)O[C@H]4C[C@H]1O2)CC3(C)C. The fraction of sp³-hybridized carbons (Fsp3) is 0.949. The van der Waals surface area contributed by atoms with Gasteiger partial charge in [-0.3, -0.25) is 0 Å². The highest BCUT2D eigenvalue weighted by atomic mass is 16.7. The zero-order valence-electron chi connectivity index (χ0n) is 30.4. The van der Waals surface area contributed by atoms with Crippen molar-refractivity contribution in [2.75, 3.05) is 7.11 Å². The smallest absolute Gasteiger partial charge is 0.172 e. The maximum atomic E-state index is 11.6. The molecule has 2 N–H and O–H groups in total. The van der Waals surface area contributed by atoms with Crippen LogP contribution in [0.25, 0.3) is 0 Å². The van der Waals surface area contributed by atoms with Crippen LogP contribution in [0.3, 0.4) is 0 Å². The molecule has 8 aliphatic heterocycles. The van der Waals surface area contributed by atoms with Gasteiger partial charge in [-0.1, -0.05) is 27.4 Å². The zero-order chi connectivity index (χ0) is 34.2. The molecule has 10 heteroatoms. The van der Waals surface area contributed by atoms with Crippen LogP contribution in [-0.2, 0) is 37.9 Å². The molecule has 8 fully saturated rings. The summed E-state index contributed by atoms with van der Waals surface area (Å²) in [4.78, 5) is 0. The van der Waals surface area contributed by atoms with Crippen molar-refractivity contribution in [3.8, 4) is 0 Å². The van der Waals surface area contributed by atoms with Gasteiger partial charge < -0.3 is 48.1 Å². The standard InChI is InChI=1S/C39H62O10/c1-20-13-24-8-10-34-38(4,5)18-26(45-34)11-12-39-19-28(41)36(49-39)32-17-33(48-39)37-29(47-32)9-7-25(46-37)14-23(40)15-27-31(16-30(44-24)21(20)2)43-22(3)35(27)42-6/h20,22-37,40-41H,2,7-19H2,1,3-6H3/t20-,22-,23?,24+,25-,26+,27+,28-,29+,30-,31+,32-,33-,34+,35+,36+,37+,39-/m1/s1. The predicted molar refractivity (Wildman–Crippen MR) is 180 cm³/mol. The van der Waals surface area contributed by atoms with E-state index in [1.54, 1.807) is 7.11 Å². The van der Waals surface area contributed by atoms with Gasteiger partial charge in [-0.15, -0.1) is 0 Å². The fourth-order valence-electron chi connectivity index (χ4n) is 11.2. The molecule has 10 nitrogen and oxygen atoms in total. The highest BCUT2D eigenvalue weighted by molar-refractivity contribution is 5.12. The van der Waals surface area contributed by atoms with Crippen LogP contribution < -0.4 is 0 Å². The Kier molecular flexibility index (Phi) is 9.84. The van der Waals surface area contributed by atoms with Gasteiger partial charge in [-0.2, -0.15) is 0 Å². The van der Waals surface area contributed by atoms with E-state index >= 15 is 0 Å². The number of aliphatic hydroxyl groups excluding tert-OH is 2. The summed E-state index contributed by atoms with van der Waals surface area (Å²) in [6.45, 7) is 13.5. The lowest BCUT2D eigenvalue weighted by molar-refractivity contribution is -0.278. The van der Waals surface area contributed by atoms with Crippen molar-refractivity contribution >= 4 is 0 Å². The van der Waals surface area contributed by atoms with E-state index in [9.17, 15) is 10.2 Å². The molecule has 0 aliphatic carbocycles. The highest BCUT2D eigenvalue weighted by Crippen LogP contribution is 2.50. The summed E-state index contributed by atoms with van der Waals surface area (Å²) in [6.07, 6.45) is 7.39. The Hall–Kier alpha value is -0.660. The van der Waals surface area contributed by atoms with E-state index in [4.69, 9.17) is 37.9 Å². The van der Waals surface area contributed by atoms with Crippen molar-refractivity contribution < 1.29 is 48.1 Å². The van der Waals surface area contributed by atoms with Crippen LogP contribution >= 0.6 is 0 Å². The van der Waals surface area contributed by atoms with Crippen molar-refractivity contribution in [3.63, 3.8) is 0 Å². The van der Waals surface area contributed by atoms with Crippen molar-refractivity contribution in [2.24, 2.45) is 17.3 Å². The van der Waals surface area contributed by atoms with Gasteiger partial charge in [-0.25, -0.2) is 0 Å². The minimum Gasteiger partial charge on any atom is -0.393 e. The van der Waals surface area contributed by atoms with E-state index in [2.05, 4.69) is 34.3 Å². The third-order valence-electron chi connectivity index (χ3n) is 13.8. The maximum absolute atomic E-state index is 11.6. The molecular formula is C39H62O10. The largest absolute Gasteiger partial charge is 0.393 e. The molecule has 8 aliphatic rings. The molecular weight excluding hydrogens is 628 g/mol. The summed E-state index contributed by atoms with van der Waals surface area (Å²) in [5.74, 6) is -0.489. The second kappa shape index (κ2) is 13.6. The lowest BCUT2D eigenvalue weighted by Gasteiger charge is -2.47. The second-order valence-corrected chi connectivity index (χ2v) is 17.8. The molecule has 8 rings (SSSR count). The molecule has 0 saturated carbocycles. The Morgan fingerprint density at radius 3 is 2.33 bits per heavy atom. The Bertz CT molecular complexity index is 1200. The molecule has 0 aromatic heterocycles. The monoisotopic (exact) mass is 690 g/mol. The Morgan fingerprint density at radius 1 is 0.714 bits per heavy atom. The topological polar surface area (TPSA) is 114 Å². The molecule has 0 amide bonds. The van der Waals surface area contributed by atoms with Crippen LogP contribution in [0.15, 0.2) is 12.2 Å². The van der Waals surface area contributed by atoms with E-state index < -0.39 is 24.1 Å². The Labute approximate surface area is 292 Å². The first-order valence-electron chi connectivity index (χ1n) is 19.6. The number of hydrogen-bond donors (Lipinski definition) is 2. The molecule has 18 atom stereocenters. The normalized spacial score (nSPS) is 54.6. The first-order chi connectivity index (χ1) is 23.4. The molecule has 0 aromatic carbocycles. The van der Waals surface area contributed by atoms with Crippen LogP contribution in [0.5, 0.6) is 0 Å². The summed E-state index contributed by atoms with van der Waals surface area (Å²) in [5, 5.41) is 22.8. The van der Waals surface area contributed by atoms with Gasteiger partial charge in [0.25, 0.3) is 0 Å². The van der Waals surface area contributed by atoms with Gasteiger partial charge >= 0.3 is 0 Å². The predicted octanol–water partition coefficient (Wildman–Crippen LogP) is 4.99. The van der Waals surface area contributed by atoms with Crippen molar-refractivity contribution in [2.45, 2.75) is 209 Å². The molecule has 0 radical (unpaired) electrons. The number of methoxy groups -OCH3 is 1. The van der Waals surface area contributed by atoms with Crippen LogP contribution in [0.2, 0.25) is 0 Å². The average molecular weight is 691 g/mol. The molecule has 8 saturated heterocycles. The second-order valence-electron chi connectivity index (χ2n) is 17.8. The van der Waals surface area contributed by atoms with E-state index in [0.29, 0.717) is 38.0 Å². The van der Waals surface area contributed by atoms with Crippen LogP contribution in [-0.4, -0.2) is 115 Å². The van der Waals surface area contributed by atoms with E-state index in [0.717, 1.165) is 56.9 Å². The lowest BCUT2D eigenvalue weighted by atomic mass is 9.79. The fourth-order valence-corrected chi connectivity index (χ4v) is 11.2. The van der Waals surface area contributed by atoms with Crippen molar-refractivity contribution in [1.29, 1.82) is 0 Å². The third-order valence-corrected chi connectivity index (χ3v) is 13.8. The molecule has 0 aromatic rings. The molecule has 49 heavy (non-hydrogen) atoms. The summed E-state index contributed by atoms with van der Waals surface area (Å²) in [7, 11) is 1.75. The van der Waals surface area contributed by atoms with Gasteiger partial charge in [0, 0.05) is 38.7 Å². The highest BCUT2D eigenvalue weighted by Gasteiger charge is 2.60. The zero-order valence-corrected chi connectivity index (χ0v) is 30.4. The van der Waals surface area contributed by atoms with Crippen LogP contribution in [0, 0.1) is 17.3 Å². The van der Waals surface area contributed by atoms with Crippen molar-refractivity contribution in [1.82, 2.24) is 0 Å². The van der Waals surface area contributed by atoms with Gasteiger partial charge in [-0.05, 0) is 81.6 Å². The van der Waals surface area contributed by atoms with Gasteiger partial charge in [0.15, 0.2) is 5.79 Å². The van der Waals surface area contributed by atoms with Gasteiger partial charge in [0.1, 0.15) is 12.2 Å². The quantitative estimate of drug-likeness (QED) is 0.365.